The van der Waals surface area contributed by atoms with Crippen LogP contribution in [0.15, 0.2) is 59.6 Å². The Morgan fingerprint density at radius 2 is 1.81 bits per heavy atom. The highest BCUT2D eigenvalue weighted by molar-refractivity contribution is 6.43. The van der Waals surface area contributed by atoms with Gasteiger partial charge < -0.3 is 10.1 Å². The molecule has 3 rings (SSSR count). The lowest BCUT2D eigenvalue weighted by Crippen LogP contribution is -2.54. The summed E-state index contributed by atoms with van der Waals surface area (Å²) in [6.45, 7) is -0.133. The molecule has 2 aromatic rings. The topological polar surface area (TPSA) is 100 Å². The van der Waals surface area contributed by atoms with Crippen LogP contribution in [0.2, 0.25) is 0 Å². The molecule has 0 fully saturated rings. The Morgan fingerprint density at radius 1 is 1.12 bits per heavy atom. The number of amides is 2. The van der Waals surface area contributed by atoms with E-state index in [-0.39, 0.29) is 18.3 Å². The Balaban J connectivity index is 1.70. The number of methoxy groups -OCH3 is 1. The lowest BCUT2D eigenvalue weighted by molar-refractivity contribution is -0.118. The summed E-state index contributed by atoms with van der Waals surface area (Å²) in [4.78, 5) is 39.8. The number of nitrogens with one attached hydrogen (secondary N) is 2. The summed E-state index contributed by atoms with van der Waals surface area (Å²) in [5.74, 6) is -1.21. The number of hydrazine groups is 1. The molecule has 8 heteroatoms. The molecule has 26 heavy (non-hydrogen) atoms. The van der Waals surface area contributed by atoms with Crippen LogP contribution in [0.4, 0.5) is 11.4 Å². The van der Waals surface area contributed by atoms with E-state index in [4.69, 9.17) is 0 Å². The molecule has 0 bridgehead atoms. The van der Waals surface area contributed by atoms with E-state index in [0.717, 1.165) is 0 Å². The number of esters is 1. The number of amidine groups is 1. The van der Waals surface area contributed by atoms with Gasteiger partial charge in [-0.3, -0.25) is 20.0 Å². The summed E-state index contributed by atoms with van der Waals surface area (Å²) in [7, 11) is 1.30. The first-order valence-corrected chi connectivity index (χ1v) is 7.77. The molecular weight excluding hydrogens is 336 g/mol. The van der Waals surface area contributed by atoms with Crippen LogP contribution in [-0.4, -0.2) is 37.3 Å². The molecule has 0 unspecified atom stereocenters. The van der Waals surface area contributed by atoms with Crippen molar-refractivity contribution in [3.05, 3.63) is 60.2 Å². The average Bonchev–Trinajstić information content (AvgIpc) is 2.69. The number of rotatable bonds is 4. The van der Waals surface area contributed by atoms with Gasteiger partial charge in [-0.25, -0.2) is 9.80 Å². The number of hydrogen-bond donors (Lipinski definition) is 2. The van der Waals surface area contributed by atoms with Gasteiger partial charge in [-0.1, -0.05) is 18.2 Å². The van der Waals surface area contributed by atoms with E-state index in [1.807, 2.05) is 6.07 Å². The van der Waals surface area contributed by atoms with Crippen LogP contribution in [-0.2, 0) is 14.3 Å². The van der Waals surface area contributed by atoms with Gasteiger partial charge >= 0.3 is 5.97 Å². The third kappa shape index (κ3) is 3.69. The van der Waals surface area contributed by atoms with Crippen molar-refractivity contribution in [3.8, 4) is 0 Å². The first-order valence-electron chi connectivity index (χ1n) is 7.77. The number of hydrogen-bond acceptors (Lipinski definition) is 6. The van der Waals surface area contributed by atoms with Gasteiger partial charge in [-0.15, -0.1) is 0 Å². The largest absolute Gasteiger partial charge is 0.465 e. The van der Waals surface area contributed by atoms with E-state index < -0.39 is 11.9 Å². The van der Waals surface area contributed by atoms with E-state index in [1.54, 1.807) is 36.4 Å². The van der Waals surface area contributed by atoms with Gasteiger partial charge in [0.1, 0.15) is 6.54 Å². The molecule has 2 aromatic carbocycles. The zero-order chi connectivity index (χ0) is 18.5. The number of ether oxygens (including phenoxy) is 1. The minimum Gasteiger partial charge on any atom is -0.465 e. The first-order chi connectivity index (χ1) is 12.6. The summed E-state index contributed by atoms with van der Waals surface area (Å²) < 4.78 is 4.62. The van der Waals surface area contributed by atoms with Crippen molar-refractivity contribution in [1.29, 1.82) is 0 Å². The average molecular weight is 352 g/mol. The van der Waals surface area contributed by atoms with Gasteiger partial charge in [0.15, 0.2) is 0 Å². The Bertz CT molecular complexity index is 863. The molecule has 0 saturated heterocycles. The molecule has 1 aliphatic rings. The number of anilines is 2. The van der Waals surface area contributed by atoms with Crippen molar-refractivity contribution in [3.63, 3.8) is 0 Å². The second-order valence-electron chi connectivity index (χ2n) is 5.36. The molecule has 132 valence electrons. The predicted molar refractivity (Wildman–Crippen MR) is 95.8 cm³/mol. The molecule has 2 N–H and O–H groups in total. The van der Waals surface area contributed by atoms with Crippen LogP contribution in [0, 0.1) is 0 Å². The van der Waals surface area contributed by atoms with Gasteiger partial charge in [0, 0.05) is 5.69 Å². The zero-order valence-corrected chi connectivity index (χ0v) is 13.9. The number of carbonyl (C=O) groups excluding carboxylic acids is 3. The SMILES string of the molecule is COC(=O)c1ccc(NC(=O)C2=NCC(=O)N(c3ccccc3)N2)cc1. The maximum atomic E-state index is 12.4. The van der Waals surface area contributed by atoms with Gasteiger partial charge in [0.05, 0.1) is 18.4 Å². The molecule has 8 nitrogen and oxygen atoms in total. The van der Waals surface area contributed by atoms with Crippen LogP contribution in [0.25, 0.3) is 0 Å². The lowest BCUT2D eigenvalue weighted by atomic mass is 10.2. The Morgan fingerprint density at radius 3 is 2.46 bits per heavy atom. The van der Waals surface area contributed by atoms with Crippen LogP contribution in [0.3, 0.4) is 0 Å². The fraction of sp³-hybridized carbons (Fsp3) is 0.111. The molecule has 0 spiro atoms. The van der Waals surface area contributed by atoms with Gasteiger partial charge in [0.25, 0.3) is 11.8 Å². The fourth-order valence-electron chi connectivity index (χ4n) is 2.33. The number of carbonyl (C=O) groups is 3. The summed E-state index contributed by atoms with van der Waals surface area (Å²) in [6, 6.07) is 15.1. The molecule has 0 saturated carbocycles. The summed E-state index contributed by atoms with van der Waals surface area (Å²) in [6.07, 6.45) is 0. The highest BCUT2D eigenvalue weighted by Gasteiger charge is 2.25. The molecule has 2 amide bonds. The van der Waals surface area contributed by atoms with E-state index in [9.17, 15) is 14.4 Å². The van der Waals surface area contributed by atoms with Crippen LogP contribution >= 0.6 is 0 Å². The van der Waals surface area contributed by atoms with E-state index in [0.29, 0.717) is 16.9 Å². The van der Waals surface area contributed by atoms with Crippen molar-refractivity contribution in [2.75, 3.05) is 24.0 Å². The summed E-state index contributed by atoms with van der Waals surface area (Å²) in [5.41, 5.74) is 4.19. The van der Waals surface area contributed by atoms with E-state index in [1.165, 1.54) is 24.3 Å². The van der Waals surface area contributed by atoms with Crippen LogP contribution in [0.1, 0.15) is 10.4 Å². The maximum absolute atomic E-state index is 12.4. The molecule has 1 aliphatic heterocycles. The summed E-state index contributed by atoms with van der Waals surface area (Å²) >= 11 is 0. The van der Waals surface area contributed by atoms with Crippen molar-refractivity contribution in [2.24, 2.45) is 4.99 Å². The first kappa shape index (κ1) is 17.2. The van der Waals surface area contributed by atoms with Crippen molar-refractivity contribution in [1.82, 2.24) is 5.43 Å². The number of benzene rings is 2. The minimum atomic E-state index is -0.496. The summed E-state index contributed by atoms with van der Waals surface area (Å²) in [5, 5.41) is 3.94. The fourth-order valence-corrected chi connectivity index (χ4v) is 2.33. The maximum Gasteiger partial charge on any atom is 0.337 e. The molecule has 0 radical (unpaired) electrons. The van der Waals surface area contributed by atoms with Crippen LogP contribution in [0.5, 0.6) is 0 Å². The zero-order valence-electron chi connectivity index (χ0n) is 13.9. The minimum absolute atomic E-state index is 0.0190. The predicted octanol–water partition coefficient (Wildman–Crippen LogP) is 1.36. The standard InChI is InChI=1S/C18H16N4O4/c1-26-18(25)12-7-9-13(10-8-12)20-17(24)16-19-11-15(23)22(21-16)14-5-3-2-4-6-14/h2-10H,11H2,1H3,(H,19,21)(H,20,24). The number of para-hydroxylation sites is 1. The molecule has 1 heterocycles. The van der Waals surface area contributed by atoms with Crippen molar-refractivity contribution in [2.45, 2.75) is 0 Å². The Labute approximate surface area is 149 Å². The smallest absolute Gasteiger partial charge is 0.337 e. The normalized spacial score (nSPS) is 13.5. The monoisotopic (exact) mass is 352 g/mol. The molecule has 0 aromatic heterocycles. The van der Waals surface area contributed by atoms with Gasteiger partial charge in [-0.05, 0) is 36.4 Å². The number of aliphatic imine (C=N–C) groups is 1. The van der Waals surface area contributed by atoms with Gasteiger partial charge in [-0.2, -0.15) is 0 Å². The quantitative estimate of drug-likeness (QED) is 0.810. The van der Waals surface area contributed by atoms with Crippen LogP contribution < -0.4 is 15.8 Å². The highest BCUT2D eigenvalue weighted by Crippen LogP contribution is 2.14. The Hall–Kier alpha value is -3.68. The molecule has 0 atom stereocenters. The highest BCUT2D eigenvalue weighted by atomic mass is 16.5. The second-order valence-corrected chi connectivity index (χ2v) is 5.36. The lowest BCUT2D eigenvalue weighted by Gasteiger charge is -2.27. The third-order valence-corrected chi connectivity index (χ3v) is 3.63. The molecular formula is C18H16N4O4. The van der Waals surface area contributed by atoms with Crippen molar-refractivity contribution < 1.29 is 19.1 Å². The van der Waals surface area contributed by atoms with E-state index >= 15 is 0 Å². The van der Waals surface area contributed by atoms with Crippen molar-refractivity contribution >= 4 is 35.0 Å². The second kappa shape index (κ2) is 7.47. The Kier molecular flexibility index (Phi) is 4.93. The molecule has 0 aliphatic carbocycles. The third-order valence-electron chi connectivity index (χ3n) is 3.63. The van der Waals surface area contributed by atoms with E-state index in [2.05, 4.69) is 20.5 Å². The number of nitrogens with zero attached hydrogens (tertiary/aromatic N) is 2. The van der Waals surface area contributed by atoms with Gasteiger partial charge in [0.2, 0.25) is 5.84 Å².